The van der Waals surface area contributed by atoms with E-state index in [2.05, 4.69) is 55.8 Å². The van der Waals surface area contributed by atoms with Crippen LogP contribution in [-0.4, -0.2) is 37.1 Å². The van der Waals surface area contributed by atoms with Crippen molar-refractivity contribution in [2.45, 2.75) is 52.9 Å². The van der Waals surface area contributed by atoms with Crippen molar-refractivity contribution in [3.05, 3.63) is 41.6 Å². The molecule has 0 bridgehead atoms. The van der Waals surface area contributed by atoms with E-state index in [1.165, 1.54) is 44.5 Å². The number of amides is 2. The summed E-state index contributed by atoms with van der Waals surface area (Å²) in [6.07, 6.45) is 5.80. The van der Waals surface area contributed by atoms with Gasteiger partial charge < -0.3 is 10.2 Å². The molecule has 2 aliphatic rings. The Bertz CT molecular complexity index is 674. The number of benzene rings is 1. The van der Waals surface area contributed by atoms with Gasteiger partial charge in [0.25, 0.3) is 0 Å². The molecule has 1 aromatic rings. The largest absolute Gasteiger partial charge is 0.326 e. The fourth-order valence-electron chi connectivity index (χ4n) is 4.12. The second-order valence-electron chi connectivity index (χ2n) is 8.73. The third-order valence-corrected chi connectivity index (χ3v) is 5.98. The number of anilines is 1. The lowest BCUT2D eigenvalue weighted by Crippen LogP contribution is -2.45. The predicted octanol–water partition coefficient (Wildman–Crippen LogP) is 4.73. The molecule has 4 heteroatoms. The summed E-state index contributed by atoms with van der Waals surface area (Å²) in [7, 11) is 0. The summed E-state index contributed by atoms with van der Waals surface area (Å²) in [5.41, 5.74) is 4.37. The second-order valence-corrected chi connectivity index (χ2v) is 8.73. The van der Waals surface area contributed by atoms with Crippen LogP contribution in [0.15, 0.2) is 30.5 Å². The smallest absolute Gasteiger partial charge is 0.312 e. The molecule has 0 aromatic heterocycles. The van der Waals surface area contributed by atoms with Gasteiger partial charge in [-0.3, -0.25) is 4.90 Å². The van der Waals surface area contributed by atoms with Gasteiger partial charge in [-0.2, -0.15) is 0 Å². The summed E-state index contributed by atoms with van der Waals surface area (Å²) in [6.45, 7) is 15.0. The molecule has 0 atom stereocenters. The van der Waals surface area contributed by atoms with Crippen LogP contribution in [0.4, 0.5) is 10.5 Å². The van der Waals surface area contributed by atoms with Crippen LogP contribution < -0.4 is 10.2 Å². The summed E-state index contributed by atoms with van der Waals surface area (Å²) in [5, 5.41) is 2.87. The first kappa shape index (κ1) is 19.9. The molecule has 0 unspecified atom stereocenters. The molecule has 0 spiro atoms. The lowest BCUT2D eigenvalue weighted by Gasteiger charge is -2.33. The average molecular weight is 370 g/mol. The van der Waals surface area contributed by atoms with Crippen LogP contribution >= 0.6 is 0 Å². The Morgan fingerprint density at radius 1 is 1.22 bits per heavy atom. The molecule has 0 aliphatic carbocycles. The van der Waals surface area contributed by atoms with Gasteiger partial charge in [-0.25, -0.2) is 4.79 Å². The lowest BCUT2D eigenvalue weighted by molar-refractivity contribution is 0.176. The zero-order chi connectivity index (χ0) is 19.4. The first-order valence-corrected chi connectivity index (χ1v) is 10.5. The number of nitrogens with one attached hydrogen (secondary N) is 1. The normalized spacial score (nSPS) is 19.6. The molecule has 148 valence electrons. The van der Waals surface area contributed by atoms with Gasteiger partial charge in [0.2, 0.25) is 0 Å². The van der Waals surface area contributed by atoms with Crippen molar-refractivity contribution in [2.75, 3.05) is 31.1 Å². The zero-order valence-electron chi connectivity index (χ0n) is 17.3. The molecule has 0 saturated carbocycles. The van der Waals surface area contributed by atoms with Gasteiger partial charge >= 0.3 is 6.03 Å². The average Bonchev–Trinajstić information content (AvgIpc) is 2.63. The molecule has 2 fully saturated rings. The SMILES string of the molecule is C=C1CCN(c2cc(CC3CCN(CCC(C)C)CC3)ccc2C)C(=O)N1. The molecule has 2 amide bonds. The number of hydrogen-bond acceptors (Lipinski definition) is 2. The molecule has 27 heavy (non-hydrogen) atoms. The highest BCUT2D eigenvalue weighted by atomic mass is 16.2. The number of aryl methyl sites for hydroxylation is 1. The van der Waals surface area contributed by atoms with Crippen molar-refractivity contribution in [3.8, 4) is 0 Å². The monoisotopic (exact) mass is 369 g/mol. The third-order valence-electron chi connectivity index (χ3n) is 5.98. The van der Waals surface area contributed by atoms with E-state index in [9.17, 15) is 4.79 Å². The minimum absolute atomic E-state index is 0.0510. The van der Waals surface area contributed by atoms with Crippen molar-refractivity contribution in [3.63, 3.8) is 0 Å². The molecule has 2 aliphatic heterocycles. The number of piperidine rings is 1. The highest BCUT2D eigenvalue weighted by Crippen LogP contribution is 2.28. The number of carbonyl (C=O) groups excluding carboxylic acids is 1. The highest BCUT2D eigenvalue weighted by Gasteiger charge is 2.24. The van der Waals surface area contributed by atoms with Crippen LogP contribution in [0.5, 0.6) is 0 Å². The van der Waals surface area contributed by atoms with Crippen molar-refractivity contribution >= 4 is 11.7 Å². The Labute approximate surface area is 164 Å². The molecular weight excluding hydrogens is 334 g/mol. The van der Waals surface area contributed by atoms with Crippen molar-refractivity contribution in [2.24, 2.45) is 11.8 Å². The van der Waals surface area contributed by atoms with E-state index in [4.69, 9.17) is 0 Å². The summed E-state index contributed by atoms with van der Waals surface area (Å²) in [5.74, 6) is 1.55. The van der Waals surface area contributed by atoms with E-state index in [1.54, 1.807) is 0 Å². The second kappa shape index (κ2) is 8.92. The van der Waals surface area contributed by atoms with E-state index >= 15 is 0 Å². The van der Waals surface area contributed by atoms with E-state index in [0.29, 0.717) is 6.54 Å². The number of carbonyl (C=O) groups is 1. The van der Waals surface area contributed by atoms with Crippen LogP contribution in [0, 0.1) is 18.8 Å². The molecule has 2 heterocycles. The Hall–Kier alpha value is -1.81. The van der Waals surface area contributed by atoms with E-state index in [1.807, 2.05) is 4.90 Å². The molecule has 1 N–H and O–H groups in total. The predicted molar refractivity (Wildman–Crippen MR) is 113 cm³/mol. The third kappa shape index (κ3) is 5.35. The maximum absolute atomic E-state index is 12.4. The van der Waals surface area contributed by atoms with Gasteiger partial charge in [0, 0.05) is 24.4 Å². The Kier molecular flexibility index (Phi) is 6.59. The Morgan fingerprint density at radius 2 is 1.96 bits per heavy atom. The summed E-state index contributed by atoms with van der Waals surface area (Å²) in [6, 6.07) is 6.59. The van der Waals surface area contributed by atoms with Gasteiger partial charge in [0.15, 0.2) is 0 Å². The van der Waals surface area contributed by atoms with E-state index in [-0.39, 0.29) is 6.03 Å². The number of rotatable bonds is 6. The first-order valence-electron chi connectivity index (χ1n) is 10.5. The van der Waals surface area contributed by atoms with Gasteiger partial charge in [0.05, 0.1) is 0 Å². The van der Waals surface area contributed by atoms with Crippen molar-refractivity contribution < 1.29 is 4.79 Å². The number of hydrogen-bond donors (Lipinski definition) is 1. The molecule has 1 aromatic carbocycles. The van der Waals surface area contributed by atoms with Gasteiger partial charge in [0.1, 0.15) is 0 Å². The number of likely N-dealkylation sites (tertiary alicyclic amines) is 1. The van der Waals surface area contributed by atoms with Crippen LogP contribution in [0.25, 0.3) is 0 Å². The van der Waals surface area contributed by atoms with E-state index in [0.717, 1.165) is 41.6 Å². The minimum atomic E-state index is -0.0510. The zero-order valence-corrected chi connectivity index (χ0v) is 17.3. The standard InChI is InChI=1S/C23H35N3O/c1-17(2)7-11-25-12-9-20(10-13-25)15-21-6-5-18(3)22(16-21)26-14-8-19(4)24-23(26)27/h5-6,16-17,20H,4,7-15H2,1-3H3,(H,24,27). The topological polar surface area (TPSA) is 35.6 Å². The summed E-state index contributed by atoms with van der Waals surface area (Å²) in [4.78, 5) is 16.8. The minimum Gasteiger partial charge on any atom is -0.312 e. The molecule has 0 radical (unpaired) electrons. The first-order chi connectivity index (χ1) is 12.9. The highest BCUT2D eigenvalue weighted by molar-refractivity contribution is 5.94. The number of nitrogens with zero attached hydrogens (tertiary/aromatic N) is 2. The maximum atomic E-state index is 12.4. The van der Waals surface area contributed by atoms with Gasteiger partial charge in [-0.05, 0) is 81.3 Å². The molecule has 3 rings (SSSR count). The summed E-state index contributed by atoms with van der Waals surface area (Å²) < 4.78 is 0. The van der Waals surface area contributed by atoms with E-state index < -0.39 is 0 Å². The summed E-state index contributed by atoms with van der Waals surface area (Å²) >= 11 is 0. The van der Waals surface area contributed by atoms with Crippen molar-refractivity contribution in [1.29, 1.82) is 0 Å². The lowest BCUT2D eigenvalue weighted by atomic mass is 9.89. The fraction of sp³-hybridized carbons (Fsp3) is 0.609. The van der Waals surface area contributed by atoms with Crippen LogP contribution in [0.1, 0.15) is 50.7 Å². The van der Waals surface area contributed by atoms with Gasteiger partial charge in [-0.15, -0.1) is 0 Å². The molecule has 4 nitrogen and oxygen atoms in total. The quantitative estimate of drug-likeness (QED) is 0.787. The van der Waals surface area contributed by atoms with Crippen LogP contribution in [0.3, 0.4) is 0 Å². The molecule has 2 saturated heterocycles. The van der Waals surface area contributed by atoms with Gasteiger partial charge in [-0.1, -0.05) is 32.6 Å². The molecular formula is C23H35N3O. The Morgan fingerprint density at radius 3 is 2.63 bits per heavy atom. The van der Waals surface area contributed by atoms with Crippen molar-refractivity contribution in [1.82, 2.24) is 10.2 Å². The number of urea groups is 1. The van der Waals surface area contributed by atoms with Crippen LogP contribution in [0.2, 0.25) is 0 Å². The maximum Gasteiger partial charge on any atom is 0.326 e. The Balaban J connectivity index is 1.59. The fourth-order valence-corrected chi connectivity index (χ4v) is 4.12. The van der Waals surface area contributed by atoms with Crippen LogP contribution in [-0.2, 0) is 6.42 Å².